The molecule has 4 heteroatoms. The van der Waals surface area contributed by atoms with Gasteiger partial charge < -0.3 is 10.1 Å². The highest BCUT2D eigenvalue weighted by molar-refractivity contribution is 8.00. The summed E-state index contributed by atoms with van der Waals surface area (Å²) in [5.41, 5.74) is 1.83. The zero-order valence-electron chi connectivity index (χ0n) is 9.08. The normalized spacial score (nSPS) is 13.9. The lowest BCUT2D eigenvalue weighted by Crippen LogP contribution is -2.18. The first-order chi connectivity index (χ1) is 7.70. The molecule has 1 amide bonds. The van der Waals surface area contributed by atoms with Gasteiger partial charge in [-0.2, -0.15) is 0 Å². The van der Waals surface area contributed by atoms with E-state index in [-0.39, 0.29) is 5.91 Å². The molecule has 3 nitrogen and oxygen atoms in total. The van der Waals surface area contributed by atoms with Crippen molar-refractivity contribution in [3.8, 4) is 0 Å². The van der Waals surface area contributed by atoms with E-state index in [1.807, 2.05) is 25.1 Å². The Hall–Kier alpha value is -1.42. The number of hydrogen-bond donors (Lipinski definition) is 1. The average molecular weight is 235 g/mol. The smallest absolute Gasteiger partial charge is 0.234 e. The van der Waals surface area contributed by atoms with E-state index < -0.39 is 0 Å². The highest BCUT2D eigenvalue weighted by atomic mass is 32.2. The van der Waals surface area contributed by atoms with Crippen molar-refractivity contribution < 1.29 is 9.53 Å². The fraction of sp³-hybridized carbons (Fsp3) is 0.250. The molecule has 0 saturated carbocycles. The molecule has 0 radical (unpaired) electrons. The molecule has 0 unspecified atom stereocenters. The van der Waals surface area contributed by atoms with Crippen LogP contribution in [0.4, 0.5) is 5.69 Å². The van der Waals surface area contributed by atoms with E-state index in [9.17, 15) is 4.79 Å². The summed E-state index contributed by atoms with van der Waals surface area (Å²) in [6.45, 7) is 6.40. The van der Waals surface area contributed by atoms with Gasteiger partial charge in [-0.25, -0.2) is 0 Å². The van der Waals surface area contributed by atoms with Gasteiger partial charge in [0.1, 0.15) is 5.76 Å². The lowest BCUT2D eigenvalue weighted by molar-refractivity contribution is -0.113. The van der Waals surface area contributed by atoms with E-state index in [1.54, 1.807) is 0 Å². The number of carbonyl (C=O) groups is 1. The van der Waals surface area contributed by atoms with Crippen molar-refractivity contribution in [2.75, 3.05) is 17.7 Å². The highest BCUT2D eigenvalue weighted by Crippen LogP contribution is 2.33. The molecule has 84 valence electrons. The quantitative estimate of drug-likeness (QED) is 0.819. The molecule has 1 N–H and O–H groups in total. The summed E-state index contributed by atoms with van der Waals surface area (Å²) in [6, 6.07) is 5.79. The molecule has 1 heterocycles. The van der Waals surface area contributed by atoms with E-state index in [1.165, 1.54) is 11.8 Å². The average Bonchev–Trinajstić information content (AvgIpc) is 2.28. The van der Waals surface area contributed by atoms with Crippen LogP contribution in [-0.4, -0.2) is 18.3 Å². The Morgan fingerprint density at radius 3 is 3.19 bits per heavy atom. The van der Waals surface area contributed by atoms with Gasteiger partial charge in [0.05, 0.1) is 18.0 Å². The molecule has 2 rings (SSSR count). The molecular weight excluding hydrogens is 222 g/mol. The summed E-state index contributed by atoms with van der Waals surface area (Å²) in [5.74, 6) is 1.19. The van der Waals surface area contributed by atoms with E-state index in [0.717, 1.165) is 16.1 Å². The maximum absolute atomic E-state index is 11.2. The lowest BCUT2D eigenvalue weighted by atomic mass is 10.2. The van der Waals surface area contributed by atoms with Gasteiger partial charge in [-0.15, -0.1) is 11.8 Å². The van der Waals surface area contributed by atoms with Gasteiger partial charge >= 0.3 is 0 Å². The summed E-state index contributed by atoms with van der Waals surface area (Å²) in [5, 5.41) is 2.83. The topological polar surface area (TPSA) is 38.3 Å². The van der Waals surface area contributed by atoms with Crippen molar-refractivity contribution in [2.45, 2.75) is 11.8 Å². The van der Waals surface area contributed by atoms with Crippen LogP contribution in [0.2, 0.25) is 0 Å². The molecule has 16 heavy (non-hydrogen) atoms. The Kier molecular flexibility index (Phi) is 3.19. The van der Waals surface area contributed by atoms with Crippen molar-refractivity contribution in [3.63, 3.8) is 0 Å². The molecule has 0 aromatic heterocycles. The number of nitrogens with one attached hydrogen (secondary N) is 1. The predicted molar refractivity (Wildman–Crippen MR) is 66.5 cm³/mol. The fourth-order valence-electron chi connectivity index (χ4n) is 1.51. The SMILES string of the molecule is C=C(OCC)c1ccc2c(c1)SCC(=O)N2. The number of carbonyl (C=O) groups excluding carboxylic acids is 1. The molecule has 0 fully saturated rings. The largest absolute Gasteiger partial charge is 0.494 e. The van der Waals surface area contributed by atoms with Gasteiger partial charge in [0.15, 0.2) is 0 Å². The van der Waals surface area contributed by atoms with E-state index in [4.69, 9.17) is 4.74 Å². The second kappa shape index (κ2) is 4.61. The number of benzene rings is 1. The Morgan fingerprint density at radius 1 is 1.62 bits per heavy atom. The van der Waals surface area contributed by atoms with Crippen molar-refractivity contribution >= 4 is 29.1 Å². The molecule has 0 bridgehead atoms. The summed E-state index contributed by atoms with van der Waals surface area (Å²) in [4.78, 5) is 12.2. The minimum atomic E-state index is 0.0499. The molecule has 0 atom stereocenters. The third-order valence-electron chi connectivity index (χ3n) is 2.26. The van der Waals surface area contributed by atoms with Crippen LogP contribution < -0.4 is 5.32 Å². The second-order valence-corrected chi connectivity index (χ2v) is 4.42. The van der Waals surface area contributed by atoms with Gasteiger partial charge in [-0.3, -0.25) is 4.79 Å². The lowest BCUT2D eigenvalue weighted by Gasteiger charge is -2.17. The number of amides is 1. The van der Waals surface area contributed by atoms with E-state index >= 15 is 0 Å². The molecule has 1 aromatic rings. The van der Waals surface area contributed by atoms with Gasteiger partial charge in [-0.05, 0) is 25.1 Å². The monoisotopic (exact) mass is 235 g/mol. The summed E-state index contributed by atoms with van der Waals surface area (Å²) < 4.78 is 5.35. The Bertz CT molecular complexity index is 443. The second-order valence-electron chi connectivity index (χ2n) is 3.40. The fourth-order valence-corrected chi connectivity index (χ4v) is 2.35. The van der Waals surface area contributed by atoms with Crippen LogP contribution in [0.1, 0.15) is 12.5 Å². The third-order valence-corrected chi connectivity index (χ3v) is 3.31. The van der Waals surface area contributed by atoms with E-state index in [2.05, 4.69) is 11.9 Å². The van der Waals surface area contributed by atoms with Crippen LogP contribution in [0.15, 0.2) is 29.7 Å². The molecule has 0 aliphatic carbocycles. The Morgan fingerprint density at radius 2 is 2.44 bits per heavy atom. The van der Waals surface area contributed by atoms with Gasteiger partial charge in [-0.1, -0.05) is 6.58 Å². The van der Waals surface area contributed by atoms with E-state index in [0.29, 0.717) is 18.1 Å². The van der Waals surface area contributed by atoms with Crippen LogP contribution in [0, 0.1) is 0 Å². The van der Waals surface area contributed by atoms with Crippen molar-refractivity contribution in [1.82, 2.24) is 0 Å². The van der Waals surface area contributed by atoms with Crippen LogP contribution in [-0.2, 0) is 9.53 Å². The predicted octanol–water partition coefficient (Wildman–Crippen LogP) is 2.74. The van der Waals surface area contributed by atoms with Crippen LogP contribution in [0.5, 0.6) is 0 Å². The number of fused-ring (bicyclic) bond motifs is 1. The summed E-state index contributed by atoms with van der Waals surface area (Å²) in [7, 11) is 0. The molecule has 0 saturated heterocycles. The van der Waals surface area contributed by atoms with Crippen molar-refractivity contribution in [2.24, 2.45) is 0 Å². The summed E-state index contributed by atoms with van der Waals surface area (Å²) in [6.07, 6.45) is 0. The number of rotatable bonds is 3. The van der Waals surface area contributed by atoms with Gasteiger partial charge in [0.2, 0.25) is 5.91 Å². The first-order valence-corrected chi connectivity index (χ1v) is 6.08. The zero-order chi connectivity index (χ0) is 11.5. The van der Waals surface area contributed by atoms with Crippen molar-refractivity contribution in [3.05, 3.63) is 30.3 Å². The number of ether oxygens (including phenoxy) is 1. The minimum absolute atomic E-state index is 0.0499. The molecule has 1 aromatic carbocycles. The Balaban J connectivity index is 2.26. The first-order valence-electron chi connectivity index (χ1n) is 5.09. The maximum Gasteiger partial charge on any atom is 0.234 e. The third kappa shape index (κ3) is 2.22. The standard InChI is InChI=1S/C12H13NO2S/c1-3-15-8(2)9-4-5-10-11(6-9)16-7-12(14)13-10/h4-6H,2-3,7H2,1H3,(H,13,14). The number of anilines is 1. The minimum Gasteiger partial charge on any atom is -0.494 e. The van der Waals surface area contributed by atoms with Crippen molar-refractivity contribution in [1.29, 1.82) is 0 Å². The molecule has 0 spiro atoms. The Labute approximate surface area is 98.9 Å². The molecule has 1 aliphatic heterocycles. The van der Waals surface area contributed by atoms with Gasteiger partial charge in [0.25, 0.3) is 0 Å². The molecule has 1 aliphatic rings. The molecular formula is C12H13NO2S. The maximum atomic E-state index is 11.2. The number of thioether (sulfide) groups is 1. The number of hydrogen-bond acceptors (Lipinski definition) is 3. The van der Waals surface area contributed by atoms with Crippen LogP contribution in [0.3, 0.4) is 0 Å². The van der Waals surface area contributed by atoms with Crippen LogP contribution >= 0.6 is 11.8 Å². The van der Waals surface area contributed by atoms with Gasteiger partial charge in [0, 0.05) is 10.5 Å². The summed E-state index contributed by atoms with van der Waals surface area (Å²) >= 11 is 1.54. The highest BCUT2D eigenvalue weighted by Gasteiger charge is 2.15. The van der Waals surface area contributed by atoms with Crippen LogP contribution in [0.25, 0.3) is 5.76 Å². The zero-order valence-corrected chi connectivity index (χ0v) is 9.89. The first kappa shape index (κ1) is 11.1.